The van der Waals surface area contributed by atoms with Crippen molar-refractivity contribution in [2.75, 3.05) is 33.7 Å². The zero-order valence-corrected chi connectivity index (χ0v) is 15.7. The minimum Gasteiger partial charge on any atom is -0.336 e. The predicted molar refractivity (Wildman–Crippen MR) is 101 cm³/mol. The minimum atomic E-state index is 0.0171. The second-order valence-electron chi connectivity index (χ2n) is 7.24. The van der Waals surface area contributed by atoms with Crippen molar-refractivity contribution in [1.82, 2.24) is 24.7 Å². The molecular formula is C19H29N5O. The Morgan fingerprint density at radius 2 is 2.16 bits per heavy atom. The summed E-state index contributed by atoms with van der Waals surface area (Å²) in [5.41, 5.74) is 2.12. The lowest BCUT2D eigenvalue weighted by molar-refractivity contribution is 0.107. The van der Waals surface area contributed by atoms with E-state index in [-0.39, 0.29) is 6.03 Å². The van der Waals surface area contributed by atoms with Crippen LogP contribution in [0.4, 0.5) is 4.79 Å². The van der Waals surface area contributed by atoms with E-state index >= 15 is 0 Å². The van der Waals surface area contributed by atoms with Crippen molar-refractivity contribution in [3.8, 4) is 0 Å². The van der Waals surface area contributed by atoms with Gasteiger partial charge in [0.1, 0.15) is 5.82 Å². The molecule has 1 aliphatic rings. The lowest BCUT2D eigenvalue weighted by Crippen LogP contribution is -2.52. The summed E-state index contributed by atoms with van der Waals surface area (Å²) in [6, 6.07) is 8.44. The highest BCUT2D eigenvalue weighted by Crippen LogP contribution is 2.20. The molecule has 0 spiro atoms. The largest absolute Gasteiger partial charge is 0.336 e. The molecule has 3 rings (SSSR count). The van der Waals surface area contributed by atoms with Crippen LogP contribution < -0.4 is 5.32 Å². The van der Waals surface area contributed by atoms with Crippen LogP contribution in [0.2, 0.25) is 0 Å². The number of rotatable bonds is 4. The predicted octanol–water partition coefficient (Wildman–Crippen LogP) is 2.33. The average Bonchev–Trinajstić information content (AvgIpc) is 2.90. The van der Waals surface area contributed by atoms with E-state index < -0.39 is 0 Å². The molecule has 1 fully saturated rings. The smallest absolute Gasteiger partial charge is 0.317 e. The van der Waals surface area contributed by atoms with Gasteiger partial charge in [-0.2, -0.15) is 0 Å². The van der Waals surface area contributed by atoms with E-state index in [1.807, 2.05) is 37.1 Å². The Hall–Kier alpha value is -2.08. The highest BCUT2D eigenvalue weighted by molar-refractivity contribution is 5.76. The summed E-state index contributed by atoms with van der Waals surface area (Å²) in [5.74, 6) is 1.47. The normalized spacial score (nSPS) is 21.4. The lowest BCUT2D eigenvalue weighted by Gasteiger charge is -2.39. The Balaban J connectivity index is 1.56. The first-order valence-electron chi connectivity index (χ1n) is 9.08. The molecule has 6 heteroatoms. The van der Waals surface area contributed by atoms with E-state index in [2.05, 4.69) is 39.8 Å². The first-order chi connectivity index (χ1) is 12.0. The highest BCUT2D eigenvalue weighted by Gasteiger charge is 2.29. The lowest BCUT2D eigenvalue weighted by atomic mass is 9.93. The van der Waals surface area contributed by atoms with Gasteiger partial charge in [-0.25, -0.2) is 9.78 Å². The van der Waals surface area contributed by atoms with Gasteiger partial charge >= 0.3 is 6.03 Å². The van der Waals surface area contributed by atoms with Gasteiger partial charge in [-0.05, 0) is 45.0 Å². The second-order valence-corrected chi connectivity index (χ2v) is 7.24. The number of nitrogens with zero attached hydrogens (tertiary/aromatic N) is 4. The molecule has 0 saturated carbocycles. The van der Waals surface area contributed by atoms with Gasteiger partial charge in [-0.1, -0.05) is 19.1 Å². The third-order valence-corrected chi connectivity index (χ3v) is 5.34. The molecular weight excluding hydrogens is 314 g/mol. The highest BCUT2D eigenvalue weighted by atomic mass is 16.2. The average molecular weight is 343 g/mol. The van der Waals surface area contributed by atoms with Crippen LogP contribution >= 0.6 is 0 Å². The Bertz CT molecular complexity index is 740. The van der Waals surface area contributed by atoms with Crippen LogP contribution in [-0.4, -0.2) is 65.2 Å². The third-order valence-electron chi connectivity index (χ3n) is 5.34. The molecule has 136 valence electrons. The van der Waals surface area contributed by atoms with Crippen molar-refractivity contribution >= 4 is 17.1 Å². The summed E-state index contributed by atoms with van der Waals surface area (Å²) in [6.45, 7) is 7.66. The molecule has 2 atom stereocenters. The molecule has 1 aromatic heterocycles. The number of imidazole rings is 1. The summed E-state index contributed by atoms with van der Waals surface area (Å²) >= 11 is 0. The molecule has 0 radical (unpaired) electrons. The molecule has 1 saturated heterocycles. The number of carbonyl (C=O) groups is 1. The molecule has 6 nitrogen and oxygen atoms in total. The van der Waals surface area contributed by atoms with E-state index in [0.717, 1.165) is 42.9 Å². The molecule has 2 amide bonds. The number of benzene rings is 1. The molecule has 2 heterocycles. The van der Waals surface area contributed by atoms with Crippen molar-refractivity contribution in [1.29, 1.82) is 0 Å². The number of piperidine rings is 1. The number of amides is 2. The number of para-hydroxylation sites is 2. The molecule has 0 bridgehead atoms. The third kappa shape index (κ3) is 3.79. The summed E-state index contributed by atoms with van der Waals surface area (Å²) in [5, 5.41) is 3.07. The van der Waals surface area contributed by atoms with Gasteiger partial charge in [0.25, 0.3) is 0 Å². The molecule has 2 aromatic rings. The van der Waals surface area contributed by atoms with Gasteiger partial charge in [-0.3, -0.25) is 0 Å². The Morgan fingerprint density at radius 3 is 2.92 bits per heavy atom. The fourth-order valence-corrected chi connectivity index (χ4v) is 3.95. The van der Waals surface area contributed by atoms with Gasteiger partial charge < -0.3 is 19.7 Å². The number of likely N-dealkylation sites (tertiary alicyclic amines) is 1. The van der Waals surface area contributed by atoms with Crippen LogP contribution in [0.1, 0.15) is 19.2 Å². The van der Waals surface area contributed by atoms with Crippen LogP contribution in [0.3, 0.4) is 0 Å². The summed E-state index contributed by atoms with van der Waals surface area (Å²) < 4.78 is 2.16. The van der Waals surface area contributed by atoms with Crippen LogP contribution in [0, 0.1) is 12.8 Å². The number of fused-ring (bicyclic) bond motifs is 1. The molecule has 25 heavy (non-hydrogen) atoms. The van der Waals surface area contributed by atoms with Crippen LogP contribution in [0.15, 0.2) is 24.3 Å². The maximum absolute atomic E-state index is 12.5. The number of nitrogens with one attached hydrogen (secondary N) is 1. The fourth-order valence-electron chi connectivity index (χ4n) is 3.95. The van der Waals surface area contributed by atoms with Crippen LogP contribution in [0.25, 0.3) is 11.0 Å². The quantitative estimate of drug-likeness (QED) is 0.927. The first-order valence-corrected chi connectivity index (χ1v) is 9.08. The van der Waals surface area contributed by atoms with E-state index in [1.165, 1.54) is 0 Å². The minimum absolute atomic E-state index is 0.0171. The van der Waals surface area contributed by atoms with Crippen LogP contribution in [-0.2, 0) is 6.54 Å². The maximum atomic E-state index is 12.5. The summed E-state index contributed by atoms with van der Waals surface area (Å²) in [6.07, 6.45) is 1.03. The number of hydrogen-bond donors (Lipinski definition) is 1. The van der Waals surface area contributed by atoms with Crippen molar-refractivity contribution in [3.05, 3.63) is 30.1 Å². The number of urea groups is 1. The monoisotopic (exact) mass is 343 g/mol. The Morgan fingerprint density at radius 1 is 1.40 bits per heavy atom. The second kappa shape index (κ2) is 7.44. The Kier molecular flexibility index (Phi) is 5.27. The SMILES string of the molecule is Cc1nc2ccccc2n1CCNC(=O)N(C)C1CCN(C)CC1C. The molecule has 2 unspecified atom stereocenters. The van der Waals surface area contributed by atoms with E-state index in [1.54, 1.807) is 0 Å². The first kappa shape index (κ1) is 17.7. The van der Waals surface area contributed by atoms with Crippen molar-refractivity contribution < 1.29 is 4.79 Å². The topological polar surface area (TPSA) is 53.4 Å². The van der Waals surface area contributed by atoms with Gasteiger partial charge in [-0.15, -0.1) is 0 Å². The molecule has 1 aliphatic heterocycles. The number of hydrogen-bond acceptors (Lipinski definition) is 3. The molecule has 1 aromatic carbocycles. The Labute approximate surface area is 149 Å². The number of aryl methyl sites for hydroxylation is 1. The van der Waals surface area contributed by atoms with Gasteiger partial charge in [0.2, 0.25) is 0 Å². The van der Waals surface area contributed by atoms with Gasteiger partial charge in [0.15, 0.2) is 0 Å². The molecule has 0 aliphatic carbocycles. The summed E-state index contributed by atoms with van der Waals surface area (Å²) in [7, 11) is 4.06. The van der Waals surface area contributed by atoms with Crippen molar-refractivity contribution in [3.63, 3.8) is 0 Å². The van der Waals surface area contributed by atoms with Gasteiger partial charge in [0, 0.05) is 32.7 Å². The fraction of sp³-hybridized carbons (Fsp3) is 0.579. The number of carbonyl (C=O) groups excluding carboxylic acids is 1. The standard InChI is InChI=1S/C19H29N5O/c1-14-13-22(3)11-9-17(14)23(4)19(25)20-10-12-24-15(2)21-16-7-5-6-8-18(16)24/h5-8,14,17H,9-13H2,1-4H3,(H,20,25). The van der Waals surface area contributed by atoms with E-state index in [9.17, 15) is 4.79 Å². The maximum Gasteiger partial charge on any atom is 0.317 e. The van der Waals surface area contributed by atoms with Crippen molar-refractivity contribution in [2.24, 2.45) is 5.92 Å². The van der Waals surface area contributed by atoms with E-state index in [4.69, 9.17) is 0 Å². The molecule has 1 N–H and O–H groups in total. The van der Waals surface area contributed by atoms with E-state index in [0.29, 0.717) is 18.5 Å². The number of aromatic nitrogens is 2. The van der Waals surface area contributed by atoms with Gasteiger partial charge in [0.05, 0.1) is 11.0 Å². The van der Waals surface area contributed by atoms with Crippen LogP contribution in [0.5, 0.6) is 0 Å². The van der Waals surface area contributed by atoms with Crippen molar-refractivity contribution in [2.45, 2.75) is 32.9 Å². The summed E-state index contributed by atoms with van der Waals surface area (Å²) in [4.78, 5) is 21.3. The zero-order chi connectivity index (χ0) is 18.0. The zero-order valence-electron chi connectivity index (χ0n) is 15.7.